The summed E-state index contributed by atoms with van der Waals surface area (Å²) >= 11 is 0. The van der Waals surface area contributed by atoms with Gasteiger partial charge in [0.15, 0.2) is 11.5 Å². The number of aryl methyl sites for hydroxylation is 1. The van der Waals surface area contributed by atoms with Crippen molar-refractivity contribution in [3.05, 3.63) is 42.0 Å². The van der Waals surface area contributed by atoms with Gasteiger partial charge in [-0.2, -0.15) is 0 Å². The first-order valence-electron chi connectivity index (χ1n) is 6.96. The molecule has 5 heteroatoms. The fourth-order valence-electron chi connectivity index (χ4n) is 2.31. The topological polar surface area (TPSA) is 48.3 Å². The van der Waals surface area contributed by atoms with E-state index in [0.29, 0.717) is 13.2 Å². The number of benzene rings is 1. The normalized spacial score (nSPS) is 13.4. The van der Waals surface area contributed by atoms with E-state index in [4.69, 9.17) is 9.47 Å². The van der Waals surface area contributed by atoms with Crippen LogP contribution in [-0.2, 0) is 19.6 Å². The van der Waals surface area contributed by atoms with Crippen LogP contribution in [0, 0.1) is 0 Å². The van der Waals surface area contributed by atoms with Crippen molar-refractivity contribution in [2.45, 2.75) is 26.6 Å². The first kappa shape index (κ1) is 13.0. The van der Waals surface area contributed by atoms with Gasteiger partial charge in [0.05, 0.1) is 6.54 Å². The van der Waals surface area contributed by atoms with Crippen LogP contribution in [0.5, 0.6) is 11.5 Å². The molecule has 2 aromatic rings. The highest BCUT2D eigenvalue weighted by molar-refractivity contribution is 5.43. The van der Waals surface area contributed by atoms with Crippen molar-refractivity contribution in [1.29, 1.82) is 0 Å². The highest BCUT2D eigenvalue weighted by atomic mass is 16.6. The number of rotatable bonds is 5. The van der Waals surface area contributed by atoms with Crippen LogP contribution >= 0.6 is 0 Å². The average molecular weight is 273 g/mol. The molecule has 3 rings (SSSR count). The van der Waals surface area contributed by atoms with Crippen molar-refractivity contribution >= 4 is 0 Å². The van der Waals surface area contributed by atoms with Crippen molar-refractivity contribution in [3.63, 3.8) is 0 Å². The second-order valence-corrected chi connectivity index (χ2v) is 4.71. The van der Waals surface area contributed by atoms with E-state index in [1.807, 2.05) is 24.5 Å². The monoisotopic (exact) mass is 273 g/mol. The van der Waals surface area contributed by atoms with Crippen molar-refractivity contribution in [2.24, 2.45) is 0 Å². The zero-order chi connectivity index (χ0) is 13.8. The molecule has 0 fully saturated rings. The number of nitrogens with one attached hydrogen (secondary N) is 1. The van der Waals surface area contributed by atoms with Gasteiger partial charge in [-0.1, -0.05) is 6.07 Å². The van der Waals surface area contributed by atoms with Gasteiger partial charge in [-0.15, -0.1) is 0 Å². The van der Waals surface area contributed by atoms with Crippen LogP contribution in [0.15, 0.2) is 30.6 Å². The minimum Gasteiger partial charge on any atom is -0.486 e. The molecule has 1 aliphatic rings. The molecular formula is C15H19N3O2. The maximum absolute atomic E-state index is 5.58. The van der Waals surface area contributed by atoms with Crippen molar-refractivity contribution in [3.8, 4) is 11.5 Å². The SMILES string of the molecule is CCn1ccnc1CNCc1ccc2c(c1)OCCO2. The molecule has 5 nitrogen and oxygen atoms in total. The zero-order valence-corrected chi connectivity index (χ0v) is 11.6. The summed E-state index contributed by atoms with van der Waals surface area (Å²) in [5.41, 5.74) is 1.18. The molecular weight excluding hydrogens is 254 g/mol. The van der Waals surface area contributed by atoms with E-state index in [2.05, 4.69) is 27.9 Å². The molecule has 1 aromatic carbocycles. The predicted molar refractivity (Wildman–Crippen MR) is 75.9 cm³/mol. The second kappa shape index (κ2) is 5.96. The van der Waals surface area contributed by atoms with E-state index in [1.54, 1.807) is 0 Å². The molecule has 0 spiro atoms. The third-order valence-corrected chi connectivity index (χ3v) is 3.36. The van der Waals surface area contributed by atoms with Gasteiger partial charge in [-0.25, -0.2) is 4.98 Å². The molecule has 2 heterocycles. The van der Waals surface area contributed by atoms with Gasteiger partial charge in [0.1, 0.15) is 19.0 Å². The third-order valence-electron chi connectivity index (χ3n) is 3.36. The molecule has 1 N–H and O–H groups in total. The Hall–Kier alpha value is -2.01. The van der Waals surface area contributed by atoms with Gasteiger partial charge >= 0.3 is 0 Å². The lowest BCUT2D eigenvalue weighted by molar-refractivity contribution is 0.171. The highest BCUT2D eigenvalue weighted by Gasteiger charge is 2.11. The van der Waals surface area contributed by atoms with Crippen LogP contribution in [0.1, 0.15) is 18.3 Å². The smallest absolute Gasteiger partial charge is 0.161 e. The Morgan fingerprint density at radius 2 is 2.05 bits per heavy atom. The van der Waals surface area contributed by atoms with Gasteiger partial charge in [-0.05, 0) is 24.6 Å². The molecule has 0 saturated heterocycles. The highest BCUT2D eigenvalue weighted by Crippen LogP contribution is 2.30. The molecule has 0 amide bonds. The van der Waals surface area contributed by atoms with Crippen molar-refractivity contribution < 1.29 is 9.47 Å². The minimum absolute atomic E-state index is 0.623. The van der Waals surface area contributed by atoms with Crippen molar-refractivity contribution in [2.75, 3.05) is 13.2 Å². The standard InChI is InChI=1S/C15H19N3O2/c1-2-18-6-5-17-15(18)11-16-10-12-3-4-13-14(9-12)20-8-7-19-13/h3-6,9,16H,2,7-8,10-11H2,1H3. The first-order valence-corrected chi connectivity index (χ1v) is 6.96. The number of nitrogens with zero attached hydrogens (tertiary/aromatic N) is 2. The molecule has 0 atom stereocenters. The number of aromatic nitrogens is 2. The maximum atomic E-state index is 5.58. The summed E-state index contributed by atoms with van der Waals surface area (Å²) in [6, 6.07) is 6.07. The van der Waals surface area contributed by atoms with Crippen LogP contribution in [0.3, 0.4) is 0 Å². The Bertz CT molecular complexity index is 580. The Labute approximate surface area is 118 Å². The Morgan fingerprint density at radius 3 is 2.90 bits per heavy atom. The number of ether oxygens (including phenoxy) is 2. The lowest BCUT2D eigenvalue weighted by atomic mass is 10.2. The summed E-state index contributed by atoms with van der Waals surface area (Å²) in [5, 5.41) is 3.41. The minimum atomic E-state index is 0.623. The van der Waals surface area contributed by atoms with Crippen LogP contribution in [0.2, 0.25) is 0 Å². The molecule has 0 saturated carbocycles. The number of hydrogen-bond donors (Lipinski definition) is 1. The van der Waals surface area contributed by atoms with Gasteiger partial charge < -0.3 is 19.4 Å². The Kier molecular flexibility index (Phi) is 3.87. The summed E-state index contributed by atoms with van der Waals surface area (Å²) in [6.07, 6.45) is 3.84. The first-order chi connectivity index (χ1) is 9.86. The average Bonchev–Trinajstić information content (AvgIpc) is 2.95. The Balaban J connectivity index is 1.58. The van der Waals surface area contributed by atoms with Gasteiger partial charge in [0, 0.05) is 25.5 Å². The largest absolute Gasteiger partial charge is 0.486 e. The zero-order valence-electron chi connectivity index (χ0n) is 11.6. The van der Waals surface area contributed by atoms with E-state index in [1.165, 1.54) is 5.56 Å². The van der Waals surface area contributed by atoms with E-state index in [-0.39, 0.29) is 0 Å². The molecule has 1 aliphatic heterocycles. The number of fused-ring (bicyclic) bond motifs is 1. The summed E-state index contributed by atoms with van der Waals surface area (Å²) < 4.78 is 13.2. The fraction of sp³-hybridized carbons (Fsp3) is 0.400. The molecule has 0 bridgehead atoms. The predicted octanol–water partition coefficient (Wildman–Crippen LogP) is 1.96. The van der Waals surface area contributed by atoms with E-state index in [9.17, 15) is 0 Å². The molecule has 106 valence electrons. The lowest BCUT2D eigenvalue weighted by Crippen LogP contribution is -2.18. The van der Waals surface area contributed by atoms with Crippen LogP contribution < -0.4 is 14.8 Å². The maximum Gasteiger partial charge on any atom is 0.161 e. The molecule has 0 unspecified atom stereocenters. The van der Waals surface area contributed by atoms with Crippen LogP contribution in [0.25, 0.3) is 0 Å². The third kappa shape index (κ3) is 2.77. The fourth-order valence-corrected chi connectivity index (χ4v) is 2.31. The Morgan fingerprint density at radius 1 is 1.20 bits per heavy atom. The molecule has 1 aromatic heterocycles. The lowest BCUT2D eigenvalue weighted by Gasteiger charge is -2.19. The van der Waals surface area contributed by atoms with E-state index < -0.39 is 0 Å². The number of hydrogen-bond acceptors (Lipinski definition) is 4. The summed E-state index contributed by atoms with van der Waals surface area (Å²) in [7, 11) is 0. The van der Waals surface area contributed by atoms with Crippen LogP contribution in [-0.4, -0.2) is 22.8 Å². The summed E-state index contributed by atoms with van der Waals surface area (Å²) in [5.74, 6) is 2.73. The van der Waals surface area contributed by atoms with Crippen LogP contribution in [0.4, 0.5) is 0 Å². The van der Waals surface area contributed by atoms with Gasteiger partial charge in [0.2, 0.25) is 0 Å². The van der Waals surface area contributed by atoms with Gasteiger partial charge in [-0.3, -0.25) is 0 Å². The summed E-state index contributed by atoms with van der Waals surface area (Å²) in [4.78, 5) is 4.34. The quantitative estimate of drug-likeness (QED) is 0.904. The number of imidazole rings is 1. The molecule has 0 aliphatic carbocycles. The van der Waals surface area contributed by atoms with Crippen molar-refractivity contribution in [1.82, 2.24) is 14.9 Å². The molecule has 20 heavy (non-hydrogen) atoms. The van der Waals surface area contributed by atoms with E-state index in [0.717, 1.165) is 37.0 Å². The van der Waals surface area contributed by atoms with Gasteiger partial charge in [0.25, 0.3) is 0 Å². The second-order valence-electron chi connectivity index (χ2n) is 4.71. The molecule has 0 radical (unpaired) electrons. The van der Waals surface area contributed by atoms with E-state index >= 15 is 0 Å². The summed E-state index contributed by atoms with van der Waals surface area (Å²) in [6.45, 7) is 5.86.